The van der Waals surface area contributed by atoms with Gasteiger partial charge in [0.05, 0.1) is 12.0 Å². The van der Waals surface area contributed by atoms with Gasteiger partial charge in [-0.3, -0.25) is 4.79 Å². The monoisotopic (exact) mass is 274 g/mol. The van der Waals surface area contributed by atoms with Gasteiger partial charge in [0, 0.05) is 17.9 Å². The molecule has 5 heteroatoms. The average molecular weight is 274 g/mol. The van der Waals surface area contributed by atoms with E-state index in [0.717, 1.165) is 0 Å². The summed E-state index contributed by atoms with van der Waals surface area (Å²) in [5.74, 6) is -0.596. The lowest BCUT2D eigenvalue weighted by molar-refractivity contribution is 0.0524. The first kappa shape index (κ1) is 14.2. The van der Waals surface area contributed by atoms with E-state index >= 15 is 0 Å². The van der Waals surface area contributed by atoms with E-state index in [1.54, 1.807) is 25.3 Å². The molecule has 0 unspecified atom stereocenters. The summed E-state index contributed by atoms with van der Waals surface area (Å²) in [7, 11) is 0. The molecule has 0 amide bonds. The third-order valence-electron chi connectivity index (χ3n) is 2.98. The average Bonchev–Trinajstić information content (AvgIpc) is 2.38. The zero-order valence-corrected chi connectivity index (χ0v) is 12.1. The summed E-state index contributed by atoms with van der Waals surface area (Å²) in [4.78, 5) is 28.6. The van der Waals surface area contributed by atoms with Crippen LogP contribution in [0.5, 0.6) is 0 Å². The maximum Gasteiger partial charge on any atom is 0.343 e. The lowest BCUT2D eigenvalue weighted by Gasteiger charge is -2.25. The Morgan fingerprint density at radius 3 is 2.70 bits per heavy atom. The van der Waals surface area contributed by atoms with Crippen LogP contribution in [0.2, 0.25) is 0 Å². The fourth-order valence-corrected chi connectivity index (χ4v) is 2.03. The minimum Gasteiger partial charge on any atom is -0.462 e. The molecule has 0 aliphatic rings. The molecule has 2 aromatic rings. The molecule has 0 radical (unpaired) electrons. The standard InChI is InChI=1S/C15H18N2O3/c1-5-20-14(19)11-9-17(15(2,3)4)13-10(12(11)18)7-6-8-16-13/h6-9H,5H2,1-4H3. The SMILES string of the molecule is CCOC(=O)c1cn(C(C)(C)C)c2ncccc2c1=O. The van der Waals surface area contributed by atoms with Gasteiger partial charge < -0.3 is 9.30 Å². The fourth-order valence-electron chi connectivity index (χ4n) is 2.03. The number of fused-ring (bicyclic) bond motifs is 1. The number of pyridine rings is 2. The van der Waals surface area contributed by atoms with Crippen LogP contribution in [-0.2, 0) is 10.3 Å². The maximum atomic E-state index is 12.4. The Balaban J connectivity index is 2.82. The number of esters is 1. The van der Waals surface area contributed by atoms with Gasteiger partial charge in [0.25, 0.3) is 0 Å². The van der Waals surface area contributed by atoms with Gasteiger partial charge in [-0.1, -0.05) is 0 Å². The van der Waals surface area contributed by atoms with E-state index in [0.29, 0.717) is 11.0 Å². The van der Waals surface area contributed by atoms with Crippen LogP contribution in [0.25, 0.3) is 11.0 Å². The summed E-state index contributed by atoms with van der Waals surface area (Å²) in [6.45, 7) is 7.91. The van der Waals surface area contributed by atoms with Crippen molar-refractivity contribution in [2.45, 2.75) is 33.2 Å². The zero-order valence-electron chi connectivity index (χ0n) is 12.1. The van der Waals surface area contributed by atoms with E-state index in [-0.39, 0.29) is 23.1 Å². The van der Waals surface area contributed by atoms with Crippen LogP contribution in [0, 0.1) is 0 Å². The zero-order chi connectivity index (χ0) is 14.9. The molecule has 0 aromatic carbocycles. The Hall–Kier alpha value is -2.17. The Morgan fingerprint density at radius 1 is 1.40 bits per heavy atom. The third kappa shape index (κ3) is 2.43. The third-order valence-corrected chi connectivity index (χ3v) is 2.98. The molecular formula is C15H18N2O3. The summed E-state index contributed by atoms with van der Waals surface area (Å²) in [5, 5.41) is 0.424. The Bertz CT molecular complexity index is 711. The maximum absolute atomic E-state index is 12.4. The number of aromatic nitrogens is 2. The number of hydrogen-bond donors (Lipinski definition) is 0. The molecule has 0 N–H and O–H groups in total. The number of ether oxygens (including phenoxy) is 1. The number of carbonyl (C=O) groups is 1. The van der Waals surface area contributed by atoms with Gasteiger partial charge in [-0.25, -0.2) is 9.78 Å². The van der Waals surface area contributed by atoms with Crippen molar-refractivity contribution in [2.75, 3.05) is 6.61 Å². The van der Waals surface area contributed by atoms with Gasteiger partial charge in [0.15, 0.2) is 0 Å². The van der Waals surface area contributed by atoms with Gasteiger partial charge >= 0.3 is 5.97 Å². The van der Waals surface area contributed by atoms with Gasteiger partial charge in [0.1, 0.15) is 11.2 Å². The van der Waals surface area contributed by atoms with E-state index < -0.39 is 5.97 Å². The smallest absolute Gasteiger partial charge is 0.343 e. The molecule has 0 saturated heterocycles. The molecule has 5 nitrogen and oxygen atoms in total. The van der Waals surface area contributed by atoms with E-state index in [4.69, 9.17) is 4.74 Å². The van der Waals surface area contributed by atoms with Gasteiger partial charge in [-0.15, -0.1) is 0 Å². The summed E-state index contributed by atoms with van der Waals surface area (Å²) >= 11 is 0. The molecule has 2 aromatic heterocycles. The molecule has 0 aliphatic carbocycles. The van der Waals surface area contributed by atoms with E-state index in [9.17, 15) is 9.59 Å². The summed E-state index contributed by atoms with van der Waals surface area (Å²) in [5.41, 5.74) is -0.0333. The van der Waals surface area contributed by atoms with E-state index in [1.165, 1.54) is 6.20 Å². The fraction of sp³-hybridized carbons (Fsp3) is 0.400. The van der Waals surface area contributed by atoms with Crippen molar-refractivity contribution in [3.63, 3.8) is 0 Å². The van der Waals surface area contributed by atoms with Gasteiger partial charge in [0.2, 0.25) is 5.43 Å². The van der Waals surface area contributed by atoms with Crippen LogP contribution >= 0.6 is 0 Å². The molecule has 0 atom stereocenters. The molecule has 20 heavy (non-hydrogen) atoms. The van der Waals surface area contributed by atoms with E-state index in [2.05, 4.69) is 4.98 Å². The van der Waals surface area contributed by atoms with Crippen LogP contribution in [-0.4, -0.2) is 22.1 Å². The first-order valence-corrected chi connectivity index (χ1v) is 6.54. The first-order valence-electron chi connectivity index (χ1n) is 6.54. The summed E-state index contributed by atoms with van der Waals surface area (Å²) < 4.78 is 6.78. The Kier molecular flexibility index (Phi) is 3.61. The van der Waals surface area contributed by atoms with Crippen molar-refractivity contribution in [2.24, 2.45) is 0 Å². The van der Waals surface area contributed by atoms with E-state index in [1.807, 2.05) is 25.3 Å². The van der Waals surface area contributed by atoms with Crippen molar-refractivity contribution in [3.05, 3.63) is 40.3 Å². The number of nitrogens with zero attached hydrogens (tertiary/aromatic N) is 2. The molecule has 2 rings (SSSR count). The highest BCUT2D eigenvalue weighted by Crippen LogP contribution is 2.20. The normalized spacial score (nSPS) is 11.6. The van der Waals surface area contributed by atoms with Crippen LogP contribution in [0.1, 0.15) is 38.1 Å². The highest BCUT2D eigenvalue weighted by Gasteiger charge is 2.22. The minimum absolute atomic E-state index is 0.0438. The van der Waals surface area contributed by atoms with Crippen molar-refractivity contribution >= 4 is 17.0 Å². The number of rotatable bonds is 2. The molecule has 106 valence electrons. The highest BCUT2D eigenvalue weighted by molar-refractivity contribution is 5.93. The van der Waals surface area contributed by atoms with Crippen LogP contribution in [0.3, 0.4) is 0 Å². The second-order valence-electron chi connectivity index (χ2n) is 5.51. The van der Waals surface area contributed by atoms with Crippen molar-refractivity contribution in [1.82, 2.24) is 9.55 Å². The first-order chi connectivity index (χ1) is 9.36. The molecule has 0 aliphatic heterocycles. The quantitative estimate of drug-likeness (QED) is 0.788. The van der Waals surface area contributed by atoms with Crippen LogP contribution in [0.4, 0.5) is 0 Å². The molecular weight excluding hydrogens is 256 g/mol. The molecule has 2 heterocycles. The van der Waals surface area contributed by atoms with Crippen molar-refractivity contribution in [1.29, 1.82) is 0 Å². The van der Waals surface area contributed by atoms with Crippen molar-refractivity contribution in [3.8, 4) is 0 Å². The lowest BCUT2D eigenvalue weighted by Crippen LogP contribution is -2.28. The number of carbonyl (C=O) groups excluding carboxylic acids is 1. The van der Waals surface area contributed by atoms with Crippen LogP contribution < -0.4 is 5.43 Å². The topological polar surface area (TPSA) is 61.2 Å². The highest BCUT2D eigenvalue weighted by atomic mass is 16.5. The molecule has 0 spiro atoms. The molecule has 0 fully saturated rings. The van der Waals surface area contributed by atoms with Gasteiger partial charge in [-0.05, 0) is 39.8 Å². The second-order valence-corrected chi connectivity index (χ2v) is 5.51. The Morgan fingerprint density at radius 2 is 2.10 bits per heavy atom. The largest absolute Gasteiger partial charge is 0.462 e. The molecule has 0 saturated carbocycles. The number of hydrogen-bond acceptors (Lipinski definition) is 4. The minimum atomic E-state index is -0.596. The van der Waals surface area contributed by atoms with Gasteiger partial charge in [-0.2, -0.15) is 0 Å². The van der Waals surface area contributed by atoms with Crippen LogP contribution in [0.15, 0.2) is 29.3 Å². The second kappa shape index (κ2) is 5.07. The summed E-state index contributed by atoms with van der Waals surface area (Å²) in [6, 6.07) is 3.36. The molecule has 0 bridgehead atoms. The summed E-state index contributed by atoms with van der Waals surface area (Å²) in [6.07, 6.45) is 3.17. The predicted octanol–water partition coefficient (Wildman–Crippen LogP) is 2.33. The Labute approximate surface area is 117 Å². The van der Waals surface area contributed by atoms with Crippen molar-refractivity contribution < 1.29 is 9.53 Å². The predicted molar refractivity (Wildman–Crippen MR) is 77.0 cm³/mol. The lowest BCUT2D eigenvalue weighted by atomic mass is 10.1.